The molecule has 102 valence electrons. The number of hydrogen-bond acceptors (Lipinski definition) is 2. The van der Waals surface area contributed by atoms with Crippen LogP contribution < -0.4 is 5.32 Å². The topological polar surface area (TPSA) is 15.3 Å². The van der Waals surface area contributed by atoms with Crippen molar-refractivity contribution in [1.29, 1.82) is 0 Å². The number of nitrogens with one attached hydrogen (secondary N) is 1. The third-order valence-electron chi connectivity index (χ3n) is 3.71. The molecule has 2 atom stereocenters. The highest BCUT2D eigenvalue weighted by Gasteiger charge is 2.29. The SMILES string of the molecule is CC(C)CC1CNC(C(C)C)CN1CC(C)C. The fourth-order valence-corrected chi connectivity index (χ4v) is 2.80. The highest BCUT2D eigenvalue weighted by Crippen LogP contribution is 2.19. The van der Waals surface area contributed by atoms with Crippen molar-refractivity contribution in [1.82, 2.24) is 10.2 Å². The molecule has 0 amide bonds. The van der Waals surface area contributed by atoms with Gasteiger partial charge in [-0.15, -0.1) is 0 Å². The molecule has 0 aromatic heterocycles. The monoisotopic (exact) mass is 240 g/mol. The van der Waals surface area contributed by atoms with Crippen LogP contribution in [0.1, 0.15) is 48.0 Å². The largest absolute Gasteiger partial charge is 0.311 e. The highest BCUT2D eigenvalue weighted by molar-refractivity contribution is 4.88. The van der Waals surface area contributed by atoms with Crippen LogP contribution in [-0.2, 0) is 0 Å². The van der Waals surface area contributed by atoms with Crippen LogP contribution in [0.4, 0.5) is 0 Å². The lowest BCUT2D eigenvalue weighted by Crippen LogP contribution is -2.58. The zero-order chi connectivity index (χ0) is 13.0. The molecule has 17 heavy (non-hydrogen) atoms. The van der Waals surface area contributed by atoms with Crippen molar-refractivity contribution in [2.24, 2.45) is 17.8 Å². The van der Waals surface area contributed by atoms with Crippen LogP contribution in [0.3, 0.4) is 0 Å². The van der Waals surface area contributed by atoms with Gasteiger partial charge in [0.15, 0.2) is 0 Å². The fourth-order valence-electron chi connectivity index (χ4n) is 2.80. The van der Waals surface area contributed by atoms with Crippen LogP contribution in [0.25, 0.3) is 0 Å². The summed E-state index contributed by atoms with van der Waals surface area (Å²) in [6.45, 7) is 17.6. The first-order valence-electron chi connectivity index (χ1n) is 7.37. The zero-order valence-electron chi connectivity index (χ0n) is 12.7. The van der Waals surface area contributed by atoms with Crippen molar-refractivity contribution in [3.05, 3.63) is 0 Å². The number of rotatable bonds is 5. The first-order chi connectivity index (χ1) is 7.90. The molecule has 0 saturated carbocycles. The van der Waals surface area contributed by atoms with Gasteiger partial charge in [0.25, 0.3) is 0 Å². The van der Waals surface area contributed by atoms with Gasteiger partial charge >= 0.3 is 0 Å². The van der Waals surface area contributed by atoms with Crippen molar-refractivity contribution >= 4 is 0 Å². The maximum absolute atomic E-state index is 3.74. The summed E-state index contributed by atoms with van der Waals surface area (Å²) in [5.74, 6) is 2.31. The average molecular weight is 240 g/mol. The molecule has 1 fully saturated rings. The lowest BCUT2D eigenvalue weighted by Gasteiger charge is -2.43. The predicted molar refractivity (Wildman–Crippen MR) is 76.3 cm³/mol. The minimum absolute atomic E-state index is 0.678. The van der Waals surface area contributed by atoms with Gasteiger partial charge in [0, 0.05) is 31.7 Å². The molecule has 1 aliphatic rings. The Hall–Kier alpha value is -0.0800. The summed E-state index contributed by atoms with van der Waals surface area (Å²) < 4.78 is 0. The Kier molecular flexibility index (Phi) is 5.94. The molecular weight excluding hydrogens is 208 g/mol. The highest BCUT2D eigenvalue weighted by atomic mass is 15.2. The summed E-state index contributed by atoms with van der Waals surface area (Å²) in [7, 11) is 0. The van der Waals surface area contributed by atoms with Gasteiger partial charge in [-0.1, -0.05) is 41.5 Å². The van der Waals surface area contributed by atoms with Gasteiger partial charge in [-0.05, 0) is 24.2 Å². The second-order valence-corrected chi connectivity index (χ2v) is 6.89. The average Bonchev–Trinajstić information content (AvgIpc) is 2.18. The van der Waals surface area contributed by atoms with E-state index in [2.05, 4.69) is 51.8 Å². The van der Waals surface area contributed by atoms with E-state index in [9.17, 15) is 0 Å². The molecule has 1 aliphatic heterocycles. The van der Waals surface area contributed by atoms with Crippen molar-refractivity contribution in [2.45, 2.75) is 60.0 Å². The van der Waals surface area contributed by atoms with E-state index < -0.39 is 0 Å². The van der Waals surface area contributed by atoms with E-state index in [1.54, 1.807) is 0 Å². The summed E-state index contributed by atoms with van der Waals surface area (Å²) in [5.41, 5.74) is 0. The Morgan fingerprint density at radius 2 is 1.71 bits per heavy atom. The maximum atomic E-state index is 3.74. The normalized spacial score (nSPS) is 27.4. The summed E-state index contributed by atoms with van der Waals surface area (Å²) in [6.07, 6.45) is 1.32. The summed E-state index contributed by atoms with van der Waals surface area (Å²) in [6, 6.07) is 1.42. The minimum atomic E-state index is 0.678. The molecule has 1 saturated heterocycles. The lowest BCUT2D eigenvalue weighted by molar-refractivity contribution is 0.0879. The van der Waals surface area contributed by atoms with Gasteiger partial charge < -0.3 is 5.32 Å². The lowest BCUT2D eigenvalue weighted by atomic mass is 9.94. The maximum Gasteiger partial charge on any atom is 0.0223 e. The Balaban J connectivity index is 2.58. The van der Waals surface area contributed by atoms with Crippen LogP contribution in [0.5, 0.6) is 0 Å². The third-order valence-corrected chi connectivity index (χ3v) is 3.71. The van der Waals surface area contributed by atoms with E-state index in [1.165, 1.54) is 26.1 Å². The first-order valence-corrected chi connectivity index (χ1v) is 7.37. The van der Waals surface area contributed by atoms with E-state index in [1.807, 2.05) is 0 Å². The summed E-state index contributed by atoms with van der Waals surface area (Å²) >= 11 is 0. The molecule has 0 aliphatic carbocycles. The van der Waals surface area contributed by atoms with Crippen LogP contribution in [0.15, 0.2) is 0 Å². The third kappa shape index (κ3) is 4.97. The van der Waals surface area contributed by atoms with Gasteiger partial charge in [0.2, 0.25) is 0 Å². The Labute approximate surface area is 108 Å². The number of hydrogen-bond donors (Lipinski definition) is 1. The summed E-state index contributed by atoms with van der Waals surface area (Å²) in [5, 5.41) is 3.74. The molecule has 0 aromatic carbocycles. The van der Waals surface area contributed by atoms with E-state index >= 15 is 0 Å². The predicted octanol–water partition coefficient (Wildman–Crippen LogP) is 2.99. The van der Waals surface area contributed by atoms with Crippen LogP contribution in [0, 0.1) is 17.8 Å². The smallest absolute Gasteiger partial charge is 0.0223 e. The molecule has 1 heterocycles. The second-order valence-electron chi connectivity index (χ2n) is 6.89. The van der Waals surface area contributed by atoms with Gasteiger partial charge in [-0.2, -0.15) is 0 Å². The molecule has 1 rings (SSSR count). The molecule has 2 unspecified atom stereocenters. The van der Waals surface area contributed by atoms with Crippen LogP contribution >= 0.6 is 0 Å². The Morgan fingerprint density at radius 1 is 1.06 bits per heavy atom. The van der Waals surface area contributed by atoms with Crippen molar-refractivity contribution < 1.29 is 0 Å². The Morgan fingerprint density at radius 3 is 2.18 bits per heavy atom. The first kappa shape index (κ1) is 15.0. The standard InChI is InChI=1S/C15H32N2/c1-11(2)7-14-8-16-15(13(5)6)10-17(14)9-12(3)4/h11-16H,7-10H2,1-6H3. The minimum Gasteiger partial charge on any atom is -0.311 e. The molecular formula is C15H32N2. The van der Waals surface area contributed by atoms with Crippen molar-refractivity contribution in [3.63, 3.8) is 0 Å². The molecule has 2 heteroatoms. The number of nitrogens with zero attached hydrogens (tertiary/aromatic N) is 1. The second kappa shape index (κ2) is 6.75. The Bertz CT molecular complexity index is 211. The van der Waals surface area contributed by atoms with Gasteiger partial charge in [-0.3, -0.25) is 4.90 Å². The van der Waals surface area contributed by atoms with Crippen LogP contribution in [0.2, 0.25) is 0 Å². The molecule has 2 nitrogen and oxygen atoms in total. The fraction of sp³-hybridized carbons (Fsp3) is 1.00. The van der Waals surface area contributed by atoms with Gasteiger partial charge in [0.05, 0.1) is 0 Å². The quantitative estimate of drug-likeness (QED) is 0.795. The number of piperazine rings is 1. The van der Waals surface area contributed by atoms with Crippen molar-refractivity contribution in [3.8, 4) is 0 Å². The van der Waals surface area contributed by atoms with Gasteiger partial charge in [0.1, 0.15) is 0 Å². The molecule has 0 aromatic rings. The molecule has 0 radical (unpaired) electrons. The van der Waals surface area contributed by atoms with Crippen LogP contribution in [-0.4, -0.2) is 36.6 Å². The molecule has 0 bridgehead atoms. The molecule has 0 spiro atoms. The van der Waals surface area contributed by atoms with E-state index in [-0.39, 0.29) is 0 Å². The van der Waals surface area contributed by atoms with E-state index in [0.29, 0.717) is 6.04 Å². The zero-order valence-corrected chi connectivity index (χ0v) is 12.7. The van der Waals surface area contributed by atoms with E-state index in [0.717, 1.165) is 23.8 Å². The summed E-state index contributed by atoms with van der Waals surface area (Å²) in [4.78, 5) is 2.73. The molecule has 1 N–H and O–H groups in total. The van der Waals surface area contributed by atoms with E-state index in [4.69, 9.17) is 0 Å². The van der Waals surface area contributed by atoms with Gasteiger partial charge in [-0.25, -0.2) is 0 Å². The van der Waals surface area contributed by atoms with Crippen molar-refractivity contribution in [2.75, 3.05) is 19.6 Å².